The Balaban J connectivity index is 1.20. The first-order valence-corrected chi connectivity index (χ1v) is 32.8. The molecule has 104 heavy (non-hydrogen) atoms. The number of ether oxygens (including phenoxy) is 4. The minimum absolute atomic E-state index is 0.00862. The van der Waals surface area contributed by atoms with Crippen LogP contribution in [0.4, 0.5) is 22.7 Å². The Hall–Kier alpha value is -12.9. The number of carboxylic acid groups (broad SMARTS) is 1. The number of carboxylic acids is 1. The number of hydrogen-bond donors (Lipinski definition) is 23. The largest absolute Gasteiger partial charge is 0.496 e. The maximum atomic E-state index is 14.5. The van der Waals surface area contributed by atoms with Gasteiger partial charge in [0, 0.05) is 72.4 Å². The Morgan fingerprint density at radius 3 is 1.09 bits per heavy atom. The highest BCUT2D eigenvalue weighted by Gasteiger charge is 2.30. The standard InChI is InChI=1S/C68H90N22O14/c1-101-52-22-18-37(83-60(95)46(69)13-9-27-79-66(72)73)31-42(52)57(92)88-49(16-10-28-80-67(74)75)62(97)86-39-20-24-54(103-3)44(33-39)58(93)89-50(17-11-29-81-68(76)77)63(98)85-38-19-23-53(102-2)43(32-38)56(91)87-48(15-7-8-26-78-65(70)71)61(96)84-40-21-25-55(104-4)45(34-40)59(94)90-51(64(99)100)30-36-35-82-47-14-6-5-12-41(36)47/h5-6,12,14,18-25,31-35,46,48-51,82H,7-11,13,15-17,26-30,69H2,1-4H3,(H,83,95)(H,84,96)(H,85,98)(H,86,97)(H,87,91)(H,88,92)(H,89,93)(H,90,94)(H,99,100)(H4,70,71,78)(H4,72,73,79)(H4,74,75,80)(H4,76,77,81)/t46-,48-,49-,50-,51-/m0/s1. The lowest BCUT2D eigenvalue weighted by molar-refractivity contribution is -0.139. The number of hydrogen-bond acceptors (Lipinski definition) is 18. The number of nitrogens with one attached hydrogen (secondary N) is 17. The molecule has 28 N–H and O–H groups in total. The topological polar surface area (TPSA) is 596 Å². The summed E-state index contributed by atoms with van der Waals surface area (Å²) in [4.78, 5) is 129. The molecule has 36 heteroatoms. The average molecular weight is 1440 g/mol. The second kappa shape index (κ2) is 39.8. The van der Waals surface area contributed by atoms with Gasteiger partial charge in [0.05, 0.1) is 56.7 Å². The molecular formula is C68H90N22O14. The number of rotatable bonds is 40. The number of para-hydroxylation sites is 1. The number of amides is 8. The van der Waals surface area contributed by atoms with Crippen molar-refractivity contribution in [1.29, 1.82) is 21.6 Å². The number of carbonyl (C=O) groups is 9. The van der Waals surface area contributed by atoms with Gasteiger partial charge in [-0.2, -0.15) is 0 Å². The molecule has 8 amide bonds. The molecule has 1 aromatic heterocycles. The maximum Gasteiger partial charge on any atom is 0.326 e. The van der Waals surface area contributed by atoms with Gasteiger partial charge < -0.3 is 122 Å². The van der Waals surface area contributed by atoms with E-state index in [9.17, 15) is 48.3 Å². The number of H-pyrrole nitrogens is 1. The van der Waals surface area contributed by atoms with Crippen LogP contribution in [0.15, 0.2) is 103 Å². The van der Waals surface area contributed by atoms with Crippen LogP contribution in [-0.4, -0.2) is 172 Å². The van der Waals surface area contributed by atoms with Crippen LogP contribution in [0.5, 0.6) is 23.0 Å². The van der Waals surface area contributed by atoms with Gasteiger partial charge >= 0.3 is 5.97 Å². The van der Waals surface area contributed by atoms with Gasteiger partial charge in [-0.05, 0) is 142 Å². The number of nitrogens with two attached hydrogens (primary N) is 5. The van der Waals surface area contributed by atoms with E-state index in [-0.39, 0.29) is 156 Å². The highest BCUT2D eigenvalue weighted by Crippen LogP contribution is 2.29. The van der Waals surface area contributed by atoms with Gasteiger partial charge in [0.15, 0.2) is 23.8 Å². The molecule has 0 aliphatic heterocycles. The third kappa shape index (κ3) is 24.5. The first-order valence-electron chi connectivity index (χ1n) is 32.8. The minimum atomic E-state index is -1.38. The average Bonchev–Trinajstić information content (AvgIpc) is 1.34. The van der Waals surface area contributed by atoms with Crippen LogP contribution in [0.25, 0.3) is 10.9 Å². The van der Waals surface area contributed by atoms with Gasteiger partial charge in [0.2, 0.25) is 23.6 Å². The number of unbranched alkanes of at least 4 members (excludes halogenated alkanes) is 1. The van der Waals surface area contributed by atoms with Gasteiger partial charge in [-0.25, -0.2) is 4.79 Å². The molecule has 556 valence electrons. The number of guanidine groups is 4. The first kappa shape index (κ1) is 80.1. The normalized spacial score (nSPS) is 12.2. The summed E-state index contributed by atoms with van der Waals surface area (Å²) in [7, 11) is 5.21. The van der Waals surface area contributed by atoms with Crippen molar-refractivity contribution in [2.24, 2.45) is 28.7 Å². The van der Waals surface area contributed by atoms with Crippen molar-refractivity contribution in [1.82, 2.24) is 47.5 Å². The minimum Gasteiger partial charge on any atom is -0.496 e. The van der Waals surface area contributed by atoms with Crippen molar-refractivity contribution >= 4 is 111 Å². The first-order chi connectivity index (χ1) is 49.7. The zero-order valence-electron chi connectivity index (χ0n) is 57.7. The highest BCUT2D eigenvalue weighted by atomic mass is 16.5. The number of anilines is 4. The van der Waals surface area contributed by atoms with Gasteiger partial charge in [-0.1, -0.05) is 18.2 Å². The van der Waals surface area contributed by atoms with Gasteiger partial charge in [0.1, 0.15) is 47.2 Å². The molecule has 0 aliphatic carbocycles. The van der Waals surface area contributed by atoms with E-state index in [2.05, 4.69) is 68.8 Å². The summed E-state index contributed by atoms with van der Waals surface area (Å²) in [6.45, 7) is 0.798. The smallest absolute Gasteiger partial charge is 0.326 e. The molecule has 0 bridgehead atoms. The molecule has 0 aliphatic rings. The van der Waals surface area contributed by atoms with Crippen LogP contribution in [0.3, 0.4) is 0 Å². The molecule has 0 unspecified atom stereocenters. The number of aliphatic carboxylic acids is 1. The quantitative estimate of drug-likeness (QED) is 0.0147. The van der Waals surface area contributed by atoms with Crippen molar-refractivity contribution in [2.75, 3.05) is 75.9 Å². The predicted octanol–water partition coefficient (Wildman–Crippen LogP) is 1.55. The molecule has 0 saturated carbocycles. The zero-order chi connectivity index (χ0) is 76.0. The van der Waals surface area contributed by atoms with Gasteiger partial charge in [0.25, 0.3) is 23.6 Å². The Morgan fingerprint density at radius 1 is 0.423 bits per heavy atom. The van der Waals surface area contributed by atoms with Crippen molar-refractivity contribution in [2.45, 2.75) is 94.4 Å². The number of carbonyl (C=O) groups excluding carboxylic acids is 8. The summed E-state index contributed by atoms with van der Waals surface area (Å²) in [5, 5.41) is 73.4. The summed E-state index contributed by atoms with van der Waals surface area (Å²) >= 11 is 0. The summed E-state index contributed by atoms with van der Waals surface area (Å²) in [6.07, 6.45) is 3.26. The van der Waals surface area contributed by atoms with Gasteiger partial charge in [-0.15, -0.1) is 0 Å². The molecule has 36 nitrogen and oxygen atoms in total. The molecule has 0 spiro atoms. The van der Waals surface area contributed by atoms with Crippen molar-refractivity contribution in [3.05, 3.63) is 131 Å². The fraction of sp³-hybridized carbons (Fsp3) is 0.338. The third-order valence-electron chi connectivity index (χ3n) is 16.0. The van der Waals surface area contributed by atoms with Crippen LogP contribution in [0.2, 0.25) is 0 Å². The Bertz CT molecular complexity index is 4110. The summed E-state index contributed by atoms with van der Waals surface area (Å²) in [6, 6.07) is 17.6. The van der Waals surface area contributed by atoms with Crippen LogP contribution < -0.4 is 111 Å². The van der Waals surface area contributed by atoms with E-state index in [4.69, 9.17) is 69.3 Å². The number of aromatic nitrogens is 1. The second-order valence-corrected chi connectivity index (χ2v) is 23.5. The molecular weight excluding hydrogens is 1350 g/mol. The van der Waals surface area contributed by atoms with Crippen molar-refractivity contribution in [3.8, 4) is 23.0 Å². The molecule has 0 radical (unpaired) electrons. The molecule has 6 rings (SSSR count). The molecule has 5 atom stereocenters. The molecule has 6 aromatic rings. The summed E-state index contributed by atoms with van der Waals surface area (Å²) < 4.78 is 22.1. The third-order valence-corrected chi connectivity index (χ3v) is 16.0. The van der Waals surface area contributed by atoms with Crippen LogP contribution >= 0.6 is 0 Å². The van der Waals surface area contributed by atoms with Crippen LogP contribution in [0, 0.1) is 21.6 Å². The van der Waals surface area contributed by atoms with E-state index in [0.717, 1.165) is 10.9 Å². The van der Waals surface area contributed by atoms with E-state index < -0.39 is 83.4 Å². The summed E-state index contributed by atoms with van der Waals surface area (Å²) in [5.74, 6) is -8.50. The van der Waals surface area contributed by atoms with E-state index in [1.807, 2.05) is 18.2 Å². The van der Waals surface area contributed by atoms with E-state index >= 15 is 0 Å². The van der Waals surface area contributed by atoms with Crippen LogP contribution in [0.1, 0.15) is 105 Å². The van der Waals surface area contributed by atoms with E-state index in [0.29, 0.717) is 31.4 Å². The second-order valence-electron chi connectivity index (χ2n) is 23.5. The lowest BCUT2D eigenvalue weighted by Gasteiger charge is -2.22. The van der Waals surface area contributed by atoms with Crippen molar-refractivity contribution < 1.29 is 67.2 Å². The van der Waals surface area contributed by atoms with E-state index in [1.54, 1.807) is 12.3 Å². The molecule has 0 saturated heterocycles. The molecule has 1 heterocycles. The lowest BCUT2D eigenvalue weighted by Crippen LogP contribution is -2.45. The molecule has 0 fully saturated rings. The molecule has 5 aromatic carbocycles. The Morgan fingerprint density at radius 2 is 0.740 bits per heavy atom. The number of benzene rings is 5. The fourth-order valence-electron chi connectivity index (χ4n) is 10.7. The fourth-order valence-corrected chi connectivity index (χ4v) is 10.7. The zero-order valence-corrected chi connectivity index (χ0v) is 57.7. The number of fused-ring (bicyclic) bond motifs is 1. The van der Waals surface area contributed by atoms with Crippen molar-refractivity contribution in [3.63, 3.8) is 0 Å². The monoisotopic (exact) mass is 1440 g/mol. The van der Waals surface area contributed by atoms with Crippen LogP contribution in [-0.2, 0) is 30.4 Å². The number of aromatic amines is 1. The maximum absolute atomic E-state index is 14.5. The van der Waals surface area contributed by atoms with E-state index in [1.165, 1.54) is 101 Å². The SMILES string of the molecule is COc1ccc(NC(=O)[C@H](CCCCNC(=N)N)NC(=O)c2cc(NC(=O)[C@H](CCCNC(=N)N)NC(=O)c3cc(NC(=O)[C@H](CCCNC(=N)N)NC(=O)c4cc(NC(=O)[C@@H](N)CCCNC(=N)N)ccc4OC)ccc3OC)ccc2OC)cc1C(=O)N[C@@H](Cc1c[nH]c2ccccc12)C(=O)O. The Kier molecular flexibility index (Phi) is 30.6. The predicted molar refractivity (Wildman–Crippen MR) is 390 cm³/mol. The van der Waals surface area contributed by atoms with Gasteiger partial charge in [-0.3, -0.25) is 60.0 Å². The Labute approximate surface area is 597 Å². The highest BCUT2D eigenvalue weighted by molar-refractivity contribution is 6.08. The lowest BCUT2D eigenvalue weighted by atomic mass is 10.0. The summed E-state index contributed by atoms with van der Waals surface area (Å²) in [5.41, 5.74) is 29.2. The number of methoxy groups -OCH3 is 4.